The summed E-state index contributed by atoms with van der Waals surface area (Å²) in [4.78, 5) is 0. The fourth-order valence-electron chi connectivity index (χ4n) is 3.22. The van der Waals surface area contributed by atoms with E-state index in [0.717, 1.165) is 23.4 Å². The van der Waals surface area contributed by atoms with Gasteiger partial charge in [0.1, 0.15) is 0 Å². The van der Waals surface area contributed by atoms with Crippen LogP contribution in [-0.2, 0) is 6.42 Å². The summed E-state index contributed by atoms with van der Waals surface area (Å²) in [6, 6.07) is 9.47. The van der Waals surface area contributed by atoms with Crippen molar-refractivity contribution in [2.75, 3.05) is 0 Å². The first-order valence-electron chi connectivity index (χ1n) is 7.68. The lowest BCUT2D eigenvalue weighted by atomic mass is 9.84. The molecule has 2 rings (SSSR count). The monoisotopic (exact) mass is 279 g/mol. The van der Waals surface area contributed by atoms with Gasteiger partial charge in [0.05, 0.1) is 0 Å². The fourth-order valence-corrected chi connectivity index (χ4v) is 3.43. The van der Waals surface area contributed by atoms with Gasteiger partial charge < -0.3 is 5.32 Å². The highest BCUT2D eigenvalue weighted by Gasteiger charge is 2.20. The van der Waals surface area contributed by atoms with Gasteiger partial charge in [0.2, 0.25) is 0 Å². The van der Waals surface area contributed by atoms with Gasteiger partial charge in [-0.25, -0.2) is 0 Å². The Kier molecular flexibility index (Phi) is 5.72. The van der Waals surface area contributed by atoms with Crippen LogP contribution in [0.5, 0.6) is 0 Å². The van der Waals surface area contributed by atoms with Crippen LogP contribution in [0.4, 0.5) is 0 Å². The van der Waals surface area contributed by atoms with Crippen LogP contribution < -0.4 is 5.32 Å². The lowest BCUT2D eigenvalue weighted by Crippen LogP contribution is -2.40. The Morgan fingerprint density at radius 1 is 1.26 bits per heavy atom. The minimum absolute atomic E-state index is 0.529. The molecule has 1 aliphatic rings. The van der Waals surface area contributed by atoms with Crippen molar-refractivity contribution < 1.29 is 0 Å². The van der Waals surface area contributed by atoms with Crippen molar-refractivity contribution in [2.45, 2.75) is 64.5 Å². The smallest absolute Gasteiger partial charge is 0.0408 e. The molecule has 1 aromatic carbocycles. The third kappa shape index (κ3) is 4.81. The summed E-state index contributed by atoms with van der Waals surface area (Å²) >= 11 is 6.03. The van der Waals surface area contributed by atoms with Gasteiger partial charge in [0.15, 0.2) is 0 Å². The summed E-state index contributed by atoms with van der Waals surface area (Å²) in [5.41, 5.74) is 1.33. The number of halogens is 1. The minimum atomic E-state index is 0.529. The zero-order valence-corrected chi connectivity index (χ0v) is 12.9. The molecule has 1 unspecified atom stereocenters. The van der Waals surface area contributed by atoms with Crippen LogP contribution in [0.3, 0.4) is 0 Å². The number of hydrogen-bond donors (Lipinski definition) is 1. The van der Waals surface area contributed by atoms with Gasteiger partial charge >= 0.3 is 0 Å². The Morgan fingerprint density at radius 3 is 2.63 bits per heavy atom. The molecule has 106 valence electrons. The molecule has 0 aliphatic heterocycles. The molecule has 0 spiro atoms. The predicted molar refractivity (Wildman–Crippen MR) is 83.8 cm³/mol. The van der Waals surface area contributed by atoms with Crippen molar-refractivity contribution in [3.05, 3.63) is 34.9 Å². The van der Waals surface area contributed by atoms with E-state index in [-0.39, 0.29) is 0 Å². The lowest BCUT2D eigenvalue weighted by Gasteiger charge is -2.31. The van der Waals surface area contributed by atoms with Gasteiger partial charge in [0, 0.05) is 17.1 Å². The van der Waals surface area contributed by atoms with Crippen molar-refractivity contribution in [1.29, 1.82) is 0 Å². The zero-order chi connectivity index (χ0) is 13.7. The van der Waals surface area contributed by atoms with E-state index in [4.69, 9.17) is 11.6 Å². The molecule has 19 heavy (non-hydrogen) atoms. The Morgan fingerprint density at radius 2 is 2.00 bits per heavy atom. The van der Waals surface area contributed by atoms with E-state index < -0.39 is 0 Å². The Hall–Kier alpha value is -0.530. The first-order chi connectivity index (χ1) is 9.17. The molecule has 1 nitrogen and oxygen atoms in total. The van der Waals surface area contributed by atoms with Crippen LogP contribution in [0.15, 0.2) is 24.3 Å². The molecule has 1 N–H and O–H groups in total. The summed E-state index contributed by atoms with van der Waals surface area (Å²) in [7, 11) is 0. The molecule has 1 fully saturated rings. The highest BCUT2D eigenvalue weighted by Crippen LogP contribution is 2.26. The summed E-state index contributed by atoms with van der Waals surface area (Å²) in [5.74, 6) is 0.973. The molecule has 2 heteroatoms. The van der Waals surface area contributed by atoms with E-state index in [1.165, 1.54) is 37.7 Å². The molecular weight excluding hydrogens is 254 g/mol. The highest BCUT2D eigenvalue weighted by atomic mass is 35.5. The maximum atomic E-state index is 6.03. The Labute approximate surface area is 122 Å². The van der Waals surface area contributed by atoms with Gasteiger partial charge in [-0.2, -0.15) is 0 Å². The average Bonchev–Trinajstić information content (AvgIpc) is 2.39. The molecule has 0 radical (unpaired) electrons. The van der Waals surface area contributed by atoms with Crippen LogP contribution in [-0.4, -0.2) is 12.1 Å². The quantitative estimate of drug-likeness (QED) is 0.814. The molecule has 0 bridgehead atoms. The average molecular weight is 280 g/mol. The highest BCUT2D eigenvalue weighted by molar-refractivity contribution is 6.30. The predicted octanol–water partition coefficient (Wildman–Crippen LogP) is 4.83. The normalized spacial score (nSPS) is 25.2. The molecule has 1 aliphatic carbocycles. The molecular formula is C17H26ClN. The third-order valence-corrected chi connectivity index (χ3v) is 4.61. The SMILES string of the molecule is CCC1CCC(NC(C)Cc2cccc(Cl)c2)CC1. The number of rotatable bonds is 5. The molecule has 0 saturated heterocycles. The second kappa shape index (κ2) is 7.31. The molecule has 1 atom stereocenters. The number of benzene rings is 1. The summed E-state index contributed by atoms with van der Waals surface area (Å²) in [5, 5.41) is 4.63. The van der Waals surface area contributed by atoms with Gasteiger partial charge in [-0.1, -0.05) is 37.1 Å². The van der Waals surface area contributed by atoms with Gasteiger partial charge in [-0.3, -0.25) is 0 Å². The molecule has 1 aromatic rings. The first kappa shape index (κ1) is 14.9. The van der Waals surface area contributed by atoms with Crippen LogP contribution >= 0.6 is 11.6 Å². The summed E-state index contributed by atoms with van der Waals surface area (Å²) in [6.45, 7) is 4.60. The minimum Gasteiger partial charge on any atom is -0.311 e. The van der Waals surface area contributed by atoms with Gasteiger partial charge in [-0.15, -0.1) is 0 Å². The van der Waals surface area contributed by atoms with Gasteiger partial charge in [0.25, 0.3) is 0 Å². The van der Waals surface area contributed by atoms with Crippen LogP contribution in [0.2, 0.25) is 5.02 Å². The summed E-state index contributed by atoms with van der Waals surface area (Å²) < 4.78 is 0. The van der Waals surface area contributed by atoms with Crippen molar-refractivity contribution in [2.24, 2.45) is 5.92 Å². The largest absolute Gasteiger partial charge is 0.311 e. The summed E-state index contributed by atoms with van der Waals surface area (Å²) in [6.07, 6.45) is 7.91. The standard InChI is InChI=1S/C17H26ClN/c1-3-14-7-9-17(10-8-14)19-13(2)11-15-5-4-6-16(18)12-15/h4-6,12-14,17,19H,3,7-11H2,1-2H3. The number of nitrogens with one attached hydrogen (secondary N) is 1. The zero-order valence-electron chi connectivity index (χ0n) is 12.2. The second-order valence-corrected chi connectivity index (χ2v) is 6.46. The molecule has 0 amide bonds. The van der Waals surface area contributed by atoms with E-state index >= 15 is 0 Å². The van der Waals surface area contributed by atoms with E-state index in [0.29, 0.717) is 6.04 Å². The first-order valence-corrected chi connectivity index (χ1v) is 8.05. The maximum Gasteiger partial charge on any atom is 0.0408 e. The van der Waals surface area contributed by atoms with Crippen LogP contribution in [0.25, 0.3) is 0 Å². The van der Waals surface area contributed by atoms with E-state index in [2.05, 4.69) is 31.3 Å². The molecule has 0 heterocycles. The van der Waals surface area contributed by atoms with Crippen molar-refractivity contribution >= 4 is 11.6 Å². The van der Waals surface area contributed by atoms with Crippen molar-refractivity contribution in [3.8, 4) is 0 Å². The third-order valence-electron chi connectivity index (χ3n) is 4.38. The van der Waals surface area contributed by atoms with E-state index in [1.54, 1.807) is 0 Å². The number of hydrogen-bond acceptors (Lipinski definition) is 1. The Bertz CT molecular complexity index is 383. The topological polar surface area (TPSA) is 12.0 Å². The maximum absolute atomic E-state index is 6.03. The van der Waals surface area contributed by atoms with Crippen LogP contribution in [0.1, 0.15) is 51.5 Å². The lowest BCUT2D eigenvalue weighted by molar-refractivity contribution is 0.272. The van der Waals surface area contributed by atoms with E-state index in [1.807, 2.05) is 12.1 Å². The van der Waals surface area contributed by atoms with Crippen LogP contribution in [0, 0.1) is 5.92 Å². The molecule has 1 saturated carbocycles. The fraction of sp³-hybridized carbons (Fsp3) is 0.647. The van der Waals surface area contributed by atoms with E-state index in [9.17, 15) is 0 Å². The van der Waals surface area contributed by atoms with Gasteiger partial charge in [-0.05, 0) is 62.6 Å². The Balaban J connectivity index is 1.77. The molecule has 0 aromatic heterocycles. The van der Waals surface area contributed by atoms with Crippen molar-refractivity contribution in [1.82, 2.24) is 5.32 Å². The van der Waals surface area contributed by atoms with Crippen molar-refractivity contribution in [3.63, 3.8) is 0 Å². The second-order valence-electron chi connectivity index (χ2n) is 6.03.